The third-order valence-corrected chi connectivity index (χ3v) is 4.70. The number of fused-ring (bicyclic) bond motifs is 1. The molecule has 1 N–H and O–H groups in total. The Morgan fingerprint density at radius 1 is 1.24 bits per heavy atom. The van der Waals surface area contributed by atoms with E-state index in [4.69, 9.17) is 9.15 Å². The first kappa shape index (κ1) is 15.5. The molecule has 7 heteroatoms. The smallest absolute Gasteiger partial charge is 0.419 e. The van der Waals surface area contributed by atoms with E-state index in [0.717, 1.165) is 33.3 Å². The van der Waals surface area contributed by atoms with Gasteiger partial charge in [0, 0.05) is 18.0 Å². The average molecular weight is 353 g/mol. The predicted octanol–water partition coefficient (Wildman–Crippen LogP) is 4.01. The van der Waals surface area contributed by atoms with E-state index >= 15 is 0 Å². The van der Waals surface area contributed by atoms with Gasteiger partial charge < -0.3 is 14.5 Å². The molecule has 0 saturated heterocycles. The number of methoxy groups -OCH3 is 1. The molecule has 0 spiro atoms. The van der Waals surface area contributed by atoms with E-state index in [1.807, 2.05) is 47.8 Å². The summed E-state index contributed by atoms with van der Waals surface area (Å²) in [4.78, 5) is 16.2. The number of hydrogen-bond donors (Lipinski definition) is 1. The van der Waals surface area contributed by atoms with Crippen molar-refractivity contribution >= 4 is 33.3 Å². The van der Waals surface area contributed by atoms with Crippen LogP contribution < -0.4 is 15.8 Å². The summed E-state index contributed by atoms with van der Waals surface area (Å²) in [6, 6.07) is 13.3. The van der Waals surface area contributed by atoms with Crippen LogP contribution in [0.25, 0.3) is 22.4 Å². The molecule has 126 valence electrons. The Kier molecular flexibility index (Phi) is 3.77. The molecule has 6 nitrogen and oxygen atoms in total. The molecule has 4 rings (SSSR count). The number of oxazole rings is 1. The van der Waals surface area contributed by atoms with Gasteiger partial charge in [-0.05, 0) is 24.3 Å². The quantitative estimate of drug-likeness (QED) is 0.600. The van der Waals surface area contributed by atoms with Crippen LogP contribution in [0.5, 0.6) is 5.75 Å². The normalized spacial score (nSPS) is 11.0. The first-order chi connectivity index (χ1) is 12.2. The van der Waals surface area contributed by atoms with Crippen molar-refractivity contribution in [1.82, 2.24) is 9.55 Å². The number of thiazole rings is 1. The van der Waals surface area contributed by atoms with Crippen molar-refractivity contribution in [3.05, 3.63) is 58.4 Å². The molecule has 2 aromatic heterocycles. The zero-order valence-corrected chi connectivity index (χ0v) is 14.5. The molecule has 0 bridgehead atoms. The summed E-state index contributed by atoms with van der Waals surface area (Å²) >= 11 is 1.50. The summed E-state index contributed by atoms with van der Waals surface area (Å²) in [5, 5.41) is 5.99. The van der Waals surface area contributed by atoms with Crippen LogP contribution >= 0.6 is 11.3 Å². The number of nitrogens with one attached hydrogen (secondary N) is 1. The largest absolute Gasteiger partial charge is 0.495 e. The molecule has 2 heterocycles. The van der Waals surface area contributed by atoms with E-state index < -0.39 is 0 Å². The van der Waals surface area contributed by atoms with Gasteiger partial charge in [0.05, 0.1) is 24.0 Å². The van der Waals surface area contributed by atoms with Crippen LogP contribution in [0.3, 0.4) is 0 Å². The van der Waals surface area contributed by atoms with Gasteiger partial charge in [0.1, 0.15) is 5.75 Å². The van der Waals surface area contributed by atoms with Gasteiger partial charge in [0.15, 0.2) is 10.7 Å². The van der Waals surface area contributed by atoms with Crippen LogP contribution in [0.4, 0.5) is 10.8 Å². The van der Waals surface area contributed by atoms with E-state index in [0.29, 0.717) is 5.58 Å². The van der Waals surface area contributed by atoms with Crippen LogP contribution in [0.15, 0.2) is 57.1 Å². The highest BCUT2D eigenvalue weighted by Gasteiger charge is 2.11. The molecule has 0 radical (unpaired) electrons. The minimum absolute atomic E-state index is 0.371. The topological polar surface area (TPSA) is 69.3 Å². The van der Waals surface area contributed by atoms with Crippen LogP contribution in [-0.2, 0) is 7.05 Å². The van der Waals surface area contributed by atoms with Gasteiger partial charge >= 0.3 is 5.76 Å². The third kappa shape index (κ3) is 2.78. The summed E-state index contributed by atoms with van der Waals surface area (Å²) in [5.74, 6) is 0.385. The third-order valence-electron chi connectivity index (χ3n) is 3.94. The standard InChI is InChI=1S/C18H15N3O3S/c1-21-14-8-7-11(9-16(14)24-18(21)22)13-10-25-17(20-13)19-12-5-3-4-6-15(12)23-2/h3-10H,1-2H3,(H,19,20). The highest BCUT2D eigenvalue weighted by atomic mass is 32.1. The van der Waals surface area contributed by atoms with E-state index in [1.54, 1.807) is 14.2 Å². The van der Waals surface area contributed by atoms with Crippen molar-refractivity contribution in [2.75, 3.05) is 12.4 Å². The van der Waals surface area contributed by atoms with Crippen molar-refractivity contribution in [2.24, 2.45) is 7.05 Å². The predicted molar refractivity (Wildman–Crippen MR) is 98.8 cm³/mol. The number of ether oxygens (including phenoxy) is 1. The Morgan fingerprint density at radius 3 is 2.92 bits per heavy atom. The van der Waals surface area contributed by atoms with Crippen LogP contribution in [0.2, 0.25) is 0 Å². The molecule has 0 fully saturated rings. The maximum absolute atomic E-state index is 11.6. The van der Waals surface area contributed by atoms with Crippen LogP contribution in [-0.4, -0.2) is 16.7 Å². The SMILES string of the molecule is COc1ccccc1Nc1nc(-c2ccc3c(c2)oc(=O)n3C)cs1. The molecule has 0 aliphatic heterocycles. The lowest BCUT2D eigenvalue weighted by molar-refractivity contribution is 0.417. The number of para-hydroxylation sites is 2. The second-order valence-corrected chi connectivity index (χ2v) is 6.33. The van der Waals surface area contributed by atoms with Gasteiger partial charge in [0.25, 0.3) is 0 Å². The van der Waals surface area contributed by atoms with Gasteiger partial charge in [-0.3, -0.25) is 4.57 Å². The first-order valence-electron chi connectivity index (χ1n) is 7.61. The highest BCUT2D eigenvalue weighted by molar-refractivity contribution is 7.14. The van der Waals surface area contributed by atoms with Crippen molar-refractivity contribution in [3.63, 3.8) is 0 Å². The number of aryl methyl sites for hydroxylation is 1. The van der Waals surface area contributed by atoms with Gasteiger partial charge in [-0.15, -0.1) is 11.3 Å². The van der Waals surface area contributed by atoms with Crippen molar-refractivity contribution in [1.29, 1.82) is 0 Å². The zero-order chi connectivity index (χ0) is 17.4. The lowest BCUT2D eigenvalue weighted by Gasteiger charge is -2.08. The fraction of sp³-hybridized carbons (Fsp3) is 0.111. The molecular formula is C18H15N3O3S. The Hall–Kier alpha value is -3.06. The fourth-order valence-corrected chi connectivity index (χ4v) is 3.35. The summed E-state index contributed by atoms with van der Waals surface area (Å²) in [7, 11) is 3.32. The Bertz CT molecular complexity index is 1110. The molecule has 0 unspecified atom stereocenters. The molecule has 0 aliphatic rings. The molecule has 4 aromatic rings. The van der Waals surface area contributed by atoms with E-state index in [9.17, 15) is 4.79 Å². The van der Waals surface area contributed by atoms with Crippen LogP contribution in [0, 0.1) is 0 Å². The van der Waals surface area contributed by atoms with E-state index in [1.165, 1.54) is 15.9 Å². The molecule has 25 heavy (non-hydrogen) atoms. The van der Waals surface area contributed by atoms with Crippen molar-refractivity contribution < 1.29 is 9.15 Å². The lowest BCUT2D eigenvalue weighted by Crippen LogP contribution is -2.08. The van der Waals surface area contributed by atoms with Gasteiger partial charge in [-0.25, -0.2) is 9.78 Å². The zero-order valence-electron chi connectivity index (χ0n) is 13.6. The van der Waals surface area contributed by atoms with Gasteiger partial charge in [-0.2, -0.15) is 0 Å². The molecular weight excluding hydrogens is 338 g/mol. The summed E-state index contributed by atoms with van der Waals surface area (Å²) in [6.07, 6.45) is 0. The summed E-state index contributed by atoms with van der Waals surface area (Å²) in [6.45, 7) is 0. The lowest BCUT2D eigenvalue weighted by atomic mass is 10.1. The average Bonchev–Trinajstić information content (AvgIpc) is 3.20. The van der Waals surface area contributed by atoms with Crippen LogP contribution in [0.1, 0.15) is 0 Å². The number of nitrogens with zero attached hydrogens (tertiary/aromatic N) is 2. The Labute approximate surface area is 147 Å². The van der Waals surface area contributed by atoms with Crippen molar-refractivity contribution in [2.45, 2.75) is 0 Å². The minimum Gasteiger partial charge on any atom is -0.495 e. The first-order valence-corrected chi connectivity index (χ1v) is 8.49. The summed E-state index contributed by atoms with van der Waals surface area (Å²) in [5.41, 5.74) is 3.88. The van der Waals surface area contributed by atoms with Gasteiger partial charge in [-0.1, -0.05) is 18.2 Å². The molecule has 0 aliphatic carbocycles. The van der Waals surface area contributed by atoms with Crippen molar-refractivity contribution in [3.8, 4) is 17.0 Å². The number of aromatic nitrogens is 2. The monoisotopic (exact) mass is 353 g/mol. The maximum Gasteiger partial charge on any atom is 0.419 e. The maximum atomic E-state index is 11.6. The van der Waals surface area contributed by atoms with Gasteiger partial charge in [0.2, 0.25) is 0 Å². The second-order valence-electron chi connectivity index (χ2n) is 5.47. The fourth-order valence-electron chi connectivity index (χ4n) is 2.62. The highest BCUT2D eigenvalue weighted by Crippen LogP contribution is 2.32. The molecule has 0 saturated carbocycles. The van der Waals surface area contributed by atoms with E-state index in [-0.39, 0.29) is 5.76 Å². The molecule has 2 aromatic carbocycles. The Morgan fingerprint density at radius 2 is 2.08 bits per heavy atom. The number of rotatable bonds is 4. The number of hydrogen-bond acceptors (Lipinski definition) is 6. The Balaban J connectivity index is 1.66. The summed E-state index contributed by atoms with van der Waals surface area (Å²) < 4.78 is 12.1. The number of benzene rings is 2. The second kappa shape index (κ2) is 6.10. The minimum atomic E-state index is -0.371. The number of anilines is 2. The molecule has 0 amide bonds. The molecule has 0 atom stereocenters. The van der Waals surface area contributed by atoms with E-state index in [2.05, 4.69) is 10.3 Å².